The van der Waals surface area contributed by atoms with Gasteiger partial charge in [-0.15, -0.1) is 0 Å². The van der Waals surface area contributed by atoms with Crippen LogP contribution in [-0.2, 0) is 10.0 Å². The van der Waals surface area contributed by atoms with Crippen LogP contribution in [0.2, 0.25) is 0 Å². The standard InChI is InChI=1S/C22H28N4O4S/c1-16-14-17(2)24-22(23-16)30-19-6-5-11-25(15-19)21(27)18-7-9-20(10-8-18)31(28,29)26-12-3-4-13-26/h7-10,14,19H,3-6,11-13,15H2,1-2H3. The highest BCUT2D eigenvalue weighted by Crippen LogP contribution is 2.23. The number of carbonyl (C=O) groups is 1. The average Bonchev–Trinajstić information content (AvgIpc) is 3.29. The first kappa shape index (κ1) is 21.7. The molecule has 31 heavy (non-hydrogen) atoms. The van der Waals surface area contributed by atoms with Gasteiger partial charge < -0.3 is 9.64 Å². The van der Waals surface area contributed by atoms with Crippen LogP contribution in [0.4, 0.5) is 0 Å². The minimum absolute atomic E-state index is 0.125. The van der Waals surface area contributed by atoms with Crippen LogP contribution in [-0.4, -0.2) is 65.8 Å². The average molecular weight is 445 g/mol. The first-order chi connectivity index (χ1) is 14.8. The number of hydrogen-bond donors (Lipinski definition) is 0. The molecule has 0 N–H and O–H groups in total. The van der Waals surface area contributed by atoms with Crippen LogP contribution in [0.5, 0.6) is 6.01 Å². The summed E-state index contributed by atoms with van der Waals surface area (Å²) in [5, 5.41) is 0. The number of aromatic nitrogens is 2. The lowest BCUT2D eigenvalue weighted by atomic mass is 10.1. The molecule has 2 aromatic rings. The van der Waals surface area contributed by atoms with E-state index in [1.807, 2.05) is 19.9 Å². The molecule has 1 unspecified atom stereocenters. The summed E-state index contributed by atoms with van der Waals surface area (Å²) in [5.74, 6) is -0.125. The molecule has 2 fully saturated rings. The Balaban J connectivity index is 1.42. The molecule has 0 spiro atoms. The Hall–Kier alpha value is -2.52. The number of ether oxygens (including phenoxy) is 1. The van der Waals surface area contributed by atoms with E-state index in [2.05, 4.69) is 9.97 Å². The fourth-order valence-corrected chi connectivity index (χ4v) is 5.66. The van der Waals surface area contributed by atoms with Crippen molar-refractivity contribution in [1.29, 1.82) is 0 Å². The van der Waals surface area contributed by atoms with Crippen molar-refractivity contribution in [3.8, 4) is 6.01 Å². The van der Waals surface area contributed by atoms with E-state index in [1.54, 1.807) is 17.0 Å². The maximum absolute atomic E-state index is 13.0. The van der Waals surface area contributed by atoms with Gasteiger partial charge in [-0.3, -0.25) is 4.79 Å². The summed E-state index contributed by atoms with van der Waals surface area (Å²) < 4.78 is 32.8. The highest BCUT2D eigenvalue weighted by atomic mass is 32.2. The van der Waals surface area contributed by atoms with Crippen molar-refractivity contribution in [3.63, 3.8) is 0 Å². The Bertz CT molecular complexity index is 1030. The topological polar surface area (TPSA) is 92.7 Å². The van der Waals surface area contributed by atoms with E-state index in [0.29, 0.717) is 37.8 Å². The lowest BCUT2D eigenvalue weighted by Crippen LogP contribution is -2.44. The van der Waals surface area contributed by atoms with Crippen LogP contribution in [0.15, 0.2) is 35.2 Å². The van der Waals surface area contributed by atoms with E-state index >= 15 is 0 Å². The van der Waals surface area contributed by atoms with E-state index in [0.717, 1.165) is 37.1 Å². The fourth-order valence-electron chi connectivity index (χ4n) is 4.14. The third-order valence-electron chi connectivity index (χ3n) is 5.70. The van der Waals surface area contributed by atoms with Gasteiger partial charge in [0, 0.05) is 36.6 Å². The van der Waals surface area contributed by atoms with Crippen molar-refractivity contribution in [3.05, 3.63) is 47.3 Å². The number of nitrogens with zero attached hydrogens (tertiary/aromatic N) is 4. The summed E-state index contributed by atoms with van der Waals surface area (Å²) in [7, 11) is -3.48. The molecule has 1 amide bonds. The summed E-state index contributed by atoms with van der Waals surface area (Å²) in [6, 6.07) is 8.49. The molecule has 1 aromatic carbocycles. The molecule has 3 heterocycles. The highest BCUT2D eigenvalue weighted by molar-refractivity contribution is 7.89. The van der Waals surface area contributed by atoms with Crippen LogP contribution in [0.25, 0.3) is 0 Å². The minimum Gasteiger partial charge on any atom is -0.458 e. The van der Waals surface area contributed by atoms with E-state index < -0.39 is 10.0 Å². The predicted octanol–water partition coefficient (Wildman–Crippen LogP) is 2.56. The molecule has 2 aliphatic heterocycles. The lowest BCUT2D eigenvalue weighted by Gasteiger charge is -2.32. The third kappa shape index (κ3) is 4.88. The quantitative estimate of drug-likeness (QED) is 0.704. The normalized spacial score (nSPS) is 20.1. The number of likely N-dealkylation sites (tertiary alicyclic amines) is 1. The van der Waals surface area contributed by atoms with Gasteiger partial charge in [0.15, 0.2) is 0 Å². The first-order valence-corrected chi connectivity index (χ1v) is 12.2. The molecule has 0 aliphatic carbocycles. The van der Waals surface area contributed by atoms with Gasteiger partial charge in [-0.2, -0.15) is 4.31 Å². The summed E-state index contributed by atoms with van der Waals surface area (Å²) in [6.07, 6.45) is 3.26. The van der Waals surface area contributed by atoms with E-state index in [4.69, 9.17) is 4.74 Å². The van der Waals surface area contributed by atoms with Crippen molar-refractivity contribution in [2.45, 2.75) is 50.5 Å². The van der Waals surface area contributed by atoms with E-state index in [1.165, 1.54) is 16.4 Å². The highest BCUT2D eigenvalue weighted by Gasteiger charge is 2.29. The van der Waals surface area contributed by atoms with Gasteiger partial charge in [-0.05, 0) is 69.9 Å². The zero-order valence-corrected chi connectivity index (χ0v) is 18.8. The molecule has 2 aliphatic rings. The van der Waals surface area contributed by atoms with Crippen LogP contribution < -0.4 is 4.74 Å². The van der Waals surface area contributed by atoms with Crippen LogP contribution >= 0.6 is 0 Å². The Kier molecular flexibility index (Phi) is 6.24. The molecular formula is C22H28N4O4S. The molecule has 166 valence electrons. The van der Waals surface area contributed by atoms with Gasteiger partial charge in [0.1, 0.15) is 6.10 Å². The smallest absolute Gasteiger partial charge is 0.317 e. The molecule has 4 rings (SSSR count). The lowest BCUT2D eigenvalue weighted by molar-refractivity contribution is 0.0515. The van der Waals surface area contributed by atoms with Gasteiger partial charge in [-0.1, -0.05) is 0 Å². The summed E-state index contributed by atoms with van der Waals surface area (Å²) in [5.41, 5.74) is 2.16. The summed E-state index contributed by atoms with van der Waals surface area (Å²) >= 11 is 0. The first-order valence-electron chi connectivity index (χ1n) is 10.7. The SMILES string of the molecule is Cc1cc(C)nc(OC2CCCN(C(=O)c3ccc(S(=O)(=O)N4CCCC4)cc3)C2)n1. The second kappa shape index (κ2) is 8.92. The van der Waals surface area contributed by atoms with Crippen molar-refractivity contribution in [2.75, 3.05) is 26.2 Å². The van der Waals surface area contributed by atoms with Crippen LogP contribution in [0.3, 0.4) is 0 Å². The molecule has 0 bridgehead atoms. The van der Waals surface area contributed by atoms with E-state index in [9.17, 15) is 13.2 Å². The molecule has 0 saturated carbocycles. The number of rotatable bonds is 5. The number of carbonyl (C=O) groups excluding carboxylic acids is 1. The maximum atomic E-state index is 13.0. The number of amides is 1. The Labute approximate surface area is 183 Å². The van der Waals surface area contributed by atoms with Crippen molar-refractivity contribution >= 4 is 15.9 Å². The fraction of sp³-hybridized carbons (Fsp3) is 0.500. The Morgan fingerprint density at radius 2 is 1.65 bits per heavy atom. The van der Waals surface area contributed by atoms with Crippen molar-refractivity contribution < 1.29 is 17.9 Å². The molecule has 1 aromatic heterocycles. The van der Waals surface area contributed by atoms with Gasteiger partial charge in [0.2, 0.25) is 10.0 Å². The number of benzene rings is 1. The molecule has 0 radical (unpaired) electrons. The second-order valence-corrected chi connectivity index (χ2v) is 10.1. The van der Waals surface area contributed by atoms with Gasteiger partial charge >= 0.3 is 6.01 Å². The molecule has 9 heteroatoms. The molecule has 8 nitrogen and oxygen atoms in total. The number of sulfonamides is 1. The Morgan fingerprint density at radius 1 is 1.00 bits per heavy atom. The van der Waals surface area contributed by atoms with Crippen molar-refractivity contribution in [2.24, 2.45) is 0 Å². The molecule has 1 atom stereocenters. The molecular weight excluding hydrogens is 416 g/mol. The van der Waals surface area contributed by atoms with Gasteiger partial charge in [0.05, 0.1) is 11.4 Å². The van der Waals surface area contributed by atoms with Crippen LogP contribution in [0.1, 0.15) is 47.4 Å². The number of piperidine rings is 1. The second-order valence-electron chi connectivity index (χ2n) is 8.20. The number of hydrogen-bond acceptors (Lipinski definition) is 6. The van der Waals surface area contributed by atoms with Crippen LogP contribution in [0, 0.1) is 13.8 Å². The zero-order valence-electron chi connectivity index (χ0n) is 18.0. The zero-order chi connectivity index (χ0) is 22.0. The largest absolute Gasteiger partial charge is 0.458 e. The number of aryl methyl sites for hydroxylation is 2. The van der Waals surface area contributed by atoms with Gasteiger partial charge in [0.25, 0.3) is 5.91 Å². The maximum Gasteiger partial charge on any atom is 0.317 e. The van der Waals surface area contributed by atoms with Gasteiger partial charge in [-0.25, -0.2) is 18.4 Å². The summed E-state index contributed by atoms with van der Waals surface area (Å²) in [6.45, 7) is 5.99. The predicted molar refractivity (Wildman–Crippen MR) is 115 cm³/mol. The molecule has 2 saturated heterocycles. The Morgan fingerprint density at radius 3 is 2.29 bits per heavy atom. The van der Waals surface area contributed by atoms with E-state index in [-0.39, 0.29) is 16.9 Å². The monoisotopic (exact) mass is 444 g/mol. The third-order valence-corrected chi connectivity index (χ3v) is 7.62. The van der Waals surface area contributed by atoms with Crippen molar-refractivity contribution in [1.82, 2.24) is 19.2 Å². The minimum atomic E-state index is -3.48. The summed E-state index contributed by atoms with van der Waals surface area (Å²) in [4.78, 5) is 23.6.